The topological polar surface area (TPSA) is 106 Å². The van der Waals surface area contributed by atoms with Gasteiger partial charge in [-0.25, -0.2) is 8.42 Å². The zero-order chi connectivity index (χ0) is 18.9. The van der Waals surface area contributed by atoms with E-state index in [-0.39, 0.29) is 21.9 Å². The summed E-state index contributed by atoms with van der Waals surface area (Å²) in [6.07, 6.45) is 3.06. The molecule has 0 saturated carbocycles. The van der Waals surface area contributed by atoms with Gasteiger partial charge in [0.1, 0.15) is 4.21 Å². The van der Waals surface area contributed by atoms with Crippen LogP contribution in [0, 0.1) is 0 Å². The van der Waals surface area contributed by atoms with Crippen molar-refractivity contribution in [1.29, 1.82) is 0 Å². The highest BCUT2D eigenvalue weighted by Gasteiger charge is 2.29. The van der Waals surface area contributed by atoms with Gasteiger partial charge in [-0.1, -0.05) is 0 Å². The number of carbonyl (C=O) groups is 1. The van der Waals surface area contributed by atoms with E-state index in [1.54, 1.807) is 10.3 Å². The fraction of sp³-hybridized carbons (Fsp3) is 0.562. The summed E-state index contributed by atoms with van der Waals surface area (Å²) in [5.74, 6) is -0.185. The first-order valence-electron chi connectivity index (χ1n) is 8.85. The predicted molar refractivity (Wildman–Crippen MR) is 96.9 cm³/mol. The molecule has 2 saturated heterocycles. The molecule has 4 heterocycles. The minimum atomic E-state index is -3.57. The molecule has 2 aromatic rings. The van der Waals surface area contributed by atoms with Crippen LogP contribution in [0.4, 0.5) is 0 Å². The Labute approximate surface area is 161 Å². The highest BCUT2D eigenvalue weighted by Crippen LogP contribution is 2.30. The van der Waals surface area contributed by atoms with Crippen molar-refractivity contribution >= 4 is 27.3 Å². The Morgan fingerprint density at radius 1 is 1.07 bits per heavy atom. The number of amides is 1. The number of nitrogens with zero attached hydrogens (tertiary/aromatic N) is 4. The van der Waals surface area contributed by atoms with Gasteiger partial charge in [-0.05, 0) is 25.3 Å². The lowest BCUT2D eigenvalue weighted by Crippen LogP contribution is -2.40. The SMILES string of the molecule is O=C(c1nnc(-c2csc(S(=O)(=O)N3CCOCC3)c2)o1)N1CCCCC1. The van der Waals surface area contributed by atoms with Crippen molar-refractivity contribution in [3.05, 3.63) is 17.3 Å². The Bertz CT molecular complexity index is 911. The third-order valence-corrected chi connectivity index (χ3v) is 7.95. The lowest BCUT2D eigenvalue weighted by atomic mass is 10.1. The Morgan fingerprint density at radius 3 is 2.56 bits per heavy atom. The maximum absolute atomic E-state index is 12.7. The minimum absolute atomic E-state index is 0.0595. The molecule has 2 fully saturated rings. The van der Waals surface area contributed by atoms with Crippen molar-refractivity contribution in [2.24, 2.45) is 0 Å². The second kappa shape index (κ2) is 7.66. The van der Waals surface area contributed by atoms with Crippen LogP contribution in [-0.4, -0.2) is 73.1 Å². The Balaban J connectivity index is 1.52. The second-order valence-corrected chi connectivity index (χ2v) is 9.51. The molecule has 2 aliphatic heterocycles. The first-order valence-corrected chi connectivity index (χ1v) is 11.2. The molecule has 2 aliphatic rings. The maximum Gasteiger partial charge on any atom is 0.311 e. The molecule has 0 aliphatic carbocycles. The summed E-state index contributed by atoms with van der Waals surface area (Å²) in [6.45, 7) is 2.84. The zero-order valence-corrected chi connectivity index (χ0v) is 16.3. The van der Waals surface area contributed by atoms with Gasteiger partial charge in [0, 0.05) is 31.6 Å². The van der Waals surface area contributed by atoms with Gasteiger partial charge in [0.2, 0.25) is 5.89 Å². The molecule has 0 bridgehead atoms. The number of sulfonamides is 1. The van der Waals surface area contributed by atoms with Crippen LogP contribution in [0.3, 0.4) is 0 Å². The molecule has 27 heavy (non-hydrogen) atoms. The highest BCUT2D eigenvalue weighted by molar-refractivity contribution is 7.91. The van der Waals surface area contributed by atoms with Crippen LogP contribution in [0.5, 0.6) is 0 Å². The third-order valence-electron chi connectivity index (χ3n) is 4.64. The number of piperidine rings is 1. The van der Waals surface area contributed by atoms with Gasteiger partial charge < -0.3 is 14.1 Å². The van der Waals surface area contributed by atoms with Crippen LogP contribution in [0.2, 0.25) is 0 Å². The van der Waals surface area contributed by atoms with Crippen LogP contribution in [0.15, 0.2) is 20.1 Å². The number of rotatable bonds is 4. The summed E-state index contributed by atoms with van der Waals surface area (Å²) in [6, 6.07) is 1.51. The molecule has 4 rings (SSSR count). The second-order valence-electron chi connectivity index (χ2n) is 6.44. The lowest BCUT2D eigenvalue weighted by Gasteiger charge is -2.25. The van der Waals surface area contributed by atoms with Crippen LogP contribution < -0.4 is 0 Å². The summed E-state index contributed by atoms with van der Waals surface area (Å²) in [4.78, 5) is 14.1. The van der Waals surface area contributed by atoms with Gasteiger partial charge in [0.25, 0.3) is 10.0 Å². The fourth-order valence-corrected chi connectivity index (χ4v) is 5.85. The molecule has 1 amide bonds. The van der Waals surface area contributed by atoms with E-state index in [4.69, 9.17) is 9.15 Å². The third kappa shape index (κ3) is 3.77. The molecule has 0 atom stereocenters. The molecule has 2 aromatic heterocycles. The van der Waals surface area contributed by atoms with Crippen LogP contribution in [-0.2, 0) is 14.8 Å². The van der Waals surface area contributed by atoms with Gasteiger partial charge >= 0.3 is 11.8 Å². The van der Waals surface area contributed by atoms with E-state index in [1.807, 2.05) is 0 Å². The van der Waals surface area contributed by atoms with E-state index in [1.165, 1.54) is 10.4 Å². The van der Waals surface area contributed by atoms with E-state index in [0.29, 0.717) is 45.0 Å². The van der Waals surface area contributed by atoms with Crippen molar-refractivity contribution in [1.82, 2.24) is 19.4 Å². The quantitative estimate of drug-likeness (QED) is 0.748. The summed E-state index contributed by atoms with van der Waals surface area (Å²) < 4.78 is 37.8. The standard InChI is InChI=1S/C16H20N4O5S2/c21-16(19-4-2-1-3-5-19)15-18-17-14(25-15)12-10-13(26-11-12)27(22,23)20-6-8-24-9-7-20/h10-11H,1-9H2. The molecule has 0 radical (unpaired) electrons. The first-order chi connectivity index (χ1) is 13.1. The first kappa shape index (κ1) is 18.5. The smallest absolute Gasteiger partial charge is 0.311 e. The van der Waals surface area contributed by atoms with Gasteiger partial charge in [0.05, 0.1) is 18.8 Å². The molecule has 146 valence electrons. The average Bonchev–Trinajstić information content (AvgIpc) is 3.38. The molecular weight excluding hydrogens is 392 g/mol. The monoisotopic (exact) mass is 412 g/mol. The summed E-state index contributed by atoms with van der Waals surface area (Å²) in [5.41, 5.74) is 0.497. The van der Waals surface area contributed by atoms with Gasteiger partial charge in [0.15, 0.2) is 0 Å². The van der Waals surface area contributed by atoms with Crippen LogP contribution in [0.1, 0.15) is 29.9 Å². The largest absolute Gasteiger partial charge is 0.412 e. The van der Waals surface area contributed by atoms with Gasteiger partial charge in [-0.2, -0.15) is 4.31 Å². The van der Waals surface area contributed by atoms with E-state index in [0.717, 1.165) is 30.6 Å². The molecule has 0 aromatic carbocycles. The number of ether oxygens (including phenoxy) is 1. The number of likely N-dealkylation sites (tertiary alicyclic amines) is 1. The van der Waals surface area contributed by atoms with Crippen LogP contribution >= 0.6 is 11.3 Å². The zero-order valence-electron chi connectivity index (χ0n) is 14.7. The van der Waals surface area contributed by atoms with Crippen molar-refractivity contribution in [3.8, 4) is 11.5 Å². The molecule has 9 nitrogen and oxygen atoms in total. The number of carbonyl (C=O) groups excluding carboxylic acids is 1. The Hall–Kier alpha value is -1.82. The van der Waals surface area contributed by atoms with E-state index in [2.05, 4.69) is 10.2 Å². The number of aromatic nitrogens is 2. The molecule has 0 N–H and O–H groups in total. The minimum Gasteiger partial charge on any atom is -0.412 e. The predicted octanol–water partition coefficient (Wildman–Crippen LogP) is 1.45. The van der Waals surface area contributed by atoms with Crippen molar-refractivity contribution in [2.75, 3.05) is 39.4 Å². The summed E-state index contributed by atoms with van der Waals surface area (Å²) >= 11 is 1.10. The molecule has 11 heteroatoms. The Kier molecular flexibility index (Phi) is 5.26. The van der Waals surface area contributed by atoms with E-state index in [9.17, 15) is 13.2 Å². The number of hydrogen-bond acceptors (Lipinski definition) is 8. The van der Waals surface area contributed by atoms with E-state index >= 15 is 0 Å². The van der Waals surface area contributed by atoms with Crippen molar-refractivity contribution < 1.29 is 22.4 Å². The highest BCUT2D eigenvalue weighted by atomic mass is 32.2. The molecular formula is C16H20N4O5S2. The van der Waals surface area contributed by atoms with Gasteiger partial charge in [-0.15, -0.1) is 21.5 Å². The summed E-state index contributed by atoms with van der Waals surface area (Å²) in [5, 5.41) is 9.42. The number of morpholine rings is 1. The lowest BCUT2D eigenvalue weighted by molar-refractivity contribution is 0.0684. The fourth-order valence-electron chi connectivity index (χ4n) is 3.14. The molecule has 0 unspecified atom stereocenters. The van der Waals surface area contributed by atoms with Crippen molar-refractivity contribution in [2.45, 2.75) is 23.5 Å². The number of thiophene rings is 1. The Morgan fingerprint density at radius 2 is 1.81 bits per heavy atom. The van der Waals surface area contributed by atoms with Crippen molar-refractivity contribution in [3.63, 3.8) is 0 Å². The van der Waals surface area contributed by atoms with Crippen LogP contribution in [0.25, 0.3) is 11.5 Å². The molecule has 0 spiro atoms. The average molecular weight is 412 g/mol. The number of hydrogen-bond donors (Lipinski definition) is 0. The maximum atomic E-state index is 12.7. The summed E-state index contributed by atoms with van der Waals surface area (Å²) in [7, 11) is -3.57. The van der Waals surface area contributed by atoms with E-state index < -0.39 is 10.0 Å². The van der Waals surface area contributed by atoms with Gasteiger partial charge in [-0.3, -0.25) is 4.79 Å². The normalized spacial score (nSPS) is 19.3.